The van der Waals surface area contributed by atoms with Crippen LogP contribution in [0.15, 0.2) is 28.6 Å². The maximum atomic E-state index is 12.2. The molecule has 5 nitrogen and oxygen atoms in total. The quantitative estimate of drug-likeness (QED) is 0.624. The third-order valence-corrected chi connectivity index (χ3v) is 6.79. The molecule has 0 saturated heterocycles. The van der Waals surface area contributed by atoms with Crippen molar-refractivity contribution in [2.75, 3.05) is 11.1 Å². The van der Waals surface area contributed by atoms with Crippen LogP contribution in [0.2, 0.25) is 0 Å². The molecule has 0 radical (unpaired) electrons. The lowest BCUT2D eigenvalue weighted by molar-refractivity contribution is -0.119. The number of nitrogens with one attached hydrogen (secondary N) is 2. The summed E-state index contributed by atoms with van der Waals surface area (Å²) in [6.07, 6.45) is 9.63. The van der Waals surface area contributed by atoms with Gasteiger partial charge in [0.05, 0.1) is 5.75 Å². The molecule has 146 valence electrons. The number of hydrogen-bond acceptors (Lipinski definition) is 6. The molecule has 1 saturated carbocycles. The fourth-order valence-corrected chi connectivity index (χ4v) is 4.85. The second kappa shape index (κ2) is 10.7. The minimum Gasteiger partial charge on any atom is -0.353 e. The Morgan fingerprint density at radius 3 is 2.52 bits per heavy atom. The second-order valence-electron chi connectivity index (χ2n) is 6.95. The standard InChI is InChI=1S/C20H28N4OS2/c1-2-15-10-12-17(13-11-15)22-19-23-24-20(27-19)26-14-18(25)21-16-8-6-4-3-5-7-9-16/h10-13,16H,2-9,14H2,1H3,(H,21,25)(H,22,23). The van der Waals surface area contributed by atoms with Crippen molar-refractivity contribution in [3.63, 3.8) is 0 Å². The van der Waals surface area contributed by atoms with Gasteiger partial charge in [-0.05, 0) is 37.0 Å². The molecule has 3 rings (SSSR count). The van der Waals surface area contributed by atoms with E-state index in [0.717, 1.165) is 34.4 Å². The van der Waals surface area contributed by atoms with E-state index in [9.17, 15) is 4.79 Å². The molecule has 1 aliphatic rings. The zero-order chi connectivity index (χ0) is 18.9. The van der Waals surface area contributed by atoms with Crippen molar-refractivity contribution < 1.29 is 4.79 Å². The van der Waals surface area contributed by atoms with Crippen LogP contribution < -0.4 is 10.6 Å². The summed E-state index contributed by atoms with van der Waals surface area (Å²) in [5, 5.41) is 15.6. The molecular weight excluding hydrogens is 376 g/mol. The average Bonchev–Trinajstić information content (AvgIpc) is 3.10. The zero-order valence-electron chi connectivity index (χ0n) is 15.9. The number of thioether (sulfide) groups is 1. The highest BCUT2D eigenvalue weighted by atomic mass is 32.2. The molecule has 0 spiro atoms. The van der Waals surface area contributed by atoms with Gasteiger partial charge in [-0.25, -0.2) is 0 Å². The number of nitrogens with zero attached hydrogens (tertiary/aromatic N) is 2. The van der Waals surface area contributed by atoms with Crippen LogP contribution >= 0.6 is 23.1 Å². The lowest BCUT2D eigenvalue weighted by Gasteiger charge is -2.20. The van der Waals surface area contributed by atoms with Gasteiger partial charge in [0, 0.05) is 11.7 Å². The van der Waals surface area contributed by atoms with Gasteiger partial charge in [-0.15, -0.1) is 10.2 Å². The summed E-state index contributed by atoms with van der Waals surface area (Å²) in [6.45, 7) is 2.14. The van der Waals surface area contributed by atoms with Crippen molar-refractivity contribution in [2.45, 2.75) is 68.7 Å². The van der Waals surface area contributed by atoms with Crippen LogP contribution in [0.1, 0.15) is 57.4 Å². The number of carbonyl (C=O) groups is 1. The van der Waals surface area contributed by atoms with E-state index in [1.54, 1.807) is 0 Å². The lowest BCUT2D eigenvalue weighted by atomic mass is 9.97. The molecule has 1 aliphatic carbocycles. The molecule has 2 aromatic rings. The molecule has 1 fully saturated rings. The molecule has 1 aromatic heterocycles. The van der Waals surface area contributed by atoms with Gasteiger partial charge in [0.2, 0.25) is 11.0 Å². The normalized spacial score (nSPS) is 15.7. The van der Waals surface area contributed by atoms with Gasteiger partial charge < -0.3 is 10.6 Å². The molecule has 2 N–H and O–H groups in total. The van der Waals surface area contributed by atoms with Crippen molar-refractivity contribution in [1.82, 2.24) is 15.5 Å². The minimum atomic E-state index is 0.102. The Morgan fingerprint density at radius 2 is 1.81 bits per heavy atom. The van der Waals surface area contributed by atoms with Crippen LogP contribution in [0, 0.1) is 0 Å². The highest BCUT2D eigenvalue weighted by molar-refractivity contribution is 8.01. The third-order valence-electron chi connectivity index (χ3n) is 4.82. The largest absolute Gasteiger partial charge is 0.353 e. The summed E-state index contributed by atoms with van der Waals surface area (Å²) in [5.41, 5.74) is 2.31. The fraction of sp³-hybridized carbons (Fsp3) is 0.550. The summed E-state index contributed by atoms with van der Waals surface area (Å²) < 4.78 is 0.815. The molecule has 27 heavy (non-hydrogen) atoms. The van der Waals surface area contributed by atoms with E-state index in [2.05, 4.69) is 52.0 Å². The van der Waals surface area contributed by atoms with Gasteiger partial charge in [-0.3, -0.25) is 4.79 Å². The molecule has 0 unspecified atom stereocenters. The number of rotatable bonds is 7. The Balaban J connectivity index is 1.43. The summed E-state index contributed by atoms with van der Waals surface area (Å²) in [6, 6.07) is 8.67. The van der Waals surface area contributed by atoms with E-state index in [0.29, 0.717) is 11.8 Å². The molecule has 7 heteroatoms. The van der Waals surface area contributed by atoms with Gasteiger partial charge in [0.15, 0.2) is 4.34 Å². The van der Waals surface area contributed by atoms with E-state index < -0.39 is 0 Å². The van der Waals surface area contributed by atoms with Crippen LogP contribution in [-0.4, -0.2) is 27.9 Å². The van der Waals surface area contributed by atoms with E-state index in [-0.39, 0.29) is 5.91 Å². The number of amides is 1. The van der Waals surface area contributed by atoms with Crippen LogP contribution in [-0.2, 0) is 11.2 Å². The average molecular weight is 405 g/mol. The van der Waals surface area contributed by atoms with Crippen molar-refractivity contribution in [2.24, 2.45) is 0 Å². The Kier molecular flexibility index (Phi) is 7.95. The predicted octanol–water partition coefficient (Wildman–Crippen LogP) is 5.17. The van der Waals surface area contributed by atoms with Gasteiger partial charge >= 0.3 is 0 Å². The van der Waals surface area contributed by atoms with Crippen LogP contribution in [0.5, 0.6) is 0 Å². The maximum Gasteiger partial charge on any atom is 0.230 e. The Bertz CT molecular complexity index is 709. The van der Waals surface area contributed by atoms with E-state index in [1.807, 2.05) is 0 Å². The van der Waals surface area contributed by atoms with E-state index >= 15 is 0 Å². The van der Waals surface area contributed by atoms with Crippen LogP contribution in [0.25, 0.3) is 0 Å². The maximum absolute atomic E-state index is 12.2. The summed E-state index contributed by atoms with van der Waals surface area (Å²) in [5.74, 6) is 0.501. The summed E-state index contributed by atoms with van der Waals surface area (Å²) >= 11 is 2.94. The molecule has 0 aliphatic heterocycles. The minimum absolute atomic E-state index is 0.102. The highest BCUT2D eigenvalue weighted by Crippen LogP contribution is 2.28. The van der Waals surface area contributed by atoms with E-state index in [1.165, 1.54) is 60.8 Å². The first-order valence-electron chi connectivity index (χ1n) is 9.84. The monoisotopic (exact) mass is 404 g/mol. The Morgan fingerprint density at radius 1 is 1.11 bits per heavy atom. The van der Waals surface area contributed by atoms with Gasteiger partial charge in [0.1, 0.15) is 0 Å². The summed E-state index contributed by atoms with van der Waals surface area (Å²) in [7, 11) is 0. The Labute approximate surface area is 169 Å². The first kappa shape index (κ1) is 20.1. The molecule has 1 amide bonds. The first-order valence-corrected chi connectivity index (χ1v) is 11.6. The molecule has 0 bridgehead atoms. The number of anilines is 2. The van der Waals surface area contributed by atoms with Gasteiger partial charge in [0.25, 0.3) is 0 Å². The lowest BCUT2D eigenvalue weighted by Crippen LogP contribution is -2.36. The van der Waals surface area contributed by atoms with Crippen molar-refractivity contribution in [3.8, 4) is 0 Å². The van der Waals surface area contributed by atoms with Gasteiger partial charge in [-0.2, -0.15) is 0 Å². The highest BCUT2D eigenvalue weighted by Gasteiger charge is 2.15. The molecule has 1 heterocycles. The summed E-state index contributed by atoms with van der Waals surface area (Å²) in [4.78, 5) is 12.2. The number of aryl methyl sites for hydroxylation is 1. The van der Waals surface area contributed by atoms with Crippen LogP contribution in [0.3, 0.4) is 0 Å². The molecule has 0 atom stereocenters. The number of hydrogen-bond donors (Lipinski definition) is 2. The van der Waals surface area contributed by atoms with Crippen LogP contribution in [0.4, 0.5) is 10.8 Å². The smallest absolute Gasteiger partial charge is 0.230 e. The first-order chi connectivity index (χ1) is 13.2. The number of aromatic nitrogens is 2. The van der Waals surface area contributed by atoms with Crippen molar-refractivity contribution in [3.05, 3.63) is 29.8 Å². The third kappa shape index (κ3) is 6.81. The predicted molar refractivity (Wildman–Crippen MR) is 114 cm³/mol. The van der Waals surface area contributed by atoms with Crippen molar-refractivity contribution >= 4 is 39.8 Å². The zero-order valence-corrected chi connectivity index (χ0v) is 17.5. The molecule has 1 aromatic carbocycles. The van der Waals surface area contributed by atoms with Gasteiger partial charge in [-0.1, -0.05) is 74.3 Å². The Hall–Kier alpha value is -1.60. The fourth-order valence-electron chi connectivity index (χ4n) is 3.26. The molecular formula is C20H28N4OS2. The van der Waals surface area contributed by atoms with Crippen molar-refractivity contribution in [1.29, 1.82) is 0 Å². The number of benzene rings is 1. The second-order valence-corrected chi connectivity index (χ2v) is 9.15. The SMILES string of the molecule is CCc1ccc(Nc2nnc(SCC(=O)NC3CCCCCCC3)s2)cc1. The number of carbonyl (C=O) groups excluding carboxylic acids is 1. The van der Waals surface area contributed by atoms with E-state index in [4.69, 9.17) is 0 Å². The topological polar surface area (TPSA) is 66.9 Å².